The summed E-state index contributed by atoms with van der Waals surface area (Å²) in [6, 6.07) is 0. The Hall–Kier alpha value is -0.410. The molecule has 0 aliphatic heterocycles. The molecule has 4 N–H and O–H groups in total. The van der Waals surface area contributed by atoms with Gasteiger partial charge in [-0.25, -0.2) is 0 Å². The van der Waals surface area contributed by atoms with Crippen LogP contribution in [-0.2, 0) is 4.79 Å². The molecule has 0 heterocycles. The maximum absolute atomic E-state index is 10.2. The average molecular weight is 102 g/mol. The lowest BCUT2D eigenvalue weighted by Crippen LogP contribution is -2.52. The molecule has 0 aliphatic carbocycles. The Morgan fingerprint density at radius 2 is 1.71 bits per heavy atom. The van der Waals surface area contributed by atoms with Gasteiger partial charge < -0.3 is 11.5 Å². The summed E-state index contributed by atoms with van der Waals surface area (Å²) in [5.41, 5.74) is 9.07. The summed E-state index contributed by atoms with van der Waals surface area (Å²) >= 11 is 0. The van der Waals surface area contributed by atoms with Crippen molar-refractivity contribution in [2.24, 2.45) is 11.5 Å². The number of carbonyl (C=O) groups is 1. The Kier molecular flexibility index (Phi) is 1.50. The van der Waals surface area contributed by atoms with E-state index in [9.17, 15) is 4.79 Å². The van der Waals surface area contributed by atoms with Crippen LogP contribution in [0.15, 0.2) is 0 Å². The molecule has 0 aliphatic rings. The Balaban J connectivity index is 3.79. The molecule has 0 bridgehead atoms. The van der Waals surface area contributed by atoms with E-state index in [1.807, 2.05) is 0 Å². The number of Topliss-reactive ketones (excluding diaryl/α,β-unsaturated/α-hetero) is 1. The molecule has 0 aromatic heterocycles. The summed E-state index contributed by atoms with van der Waals surface area (Å²) in [5.74, 6) is -0.201. The molecule has 0 aromatic rings. The molecule has 0 rings (SSSR count). The van der Waals surface area contributed by atoms with E-state index < -0.39 is 5.66 Å². The fourth-order valence-corrected chi connectivity index (χ4v) is 0. The molecule has 0 radical (unpaired) electrons. The van der Waals surface area contributed by atoms with Crippen molar-refractivity contribution in [3.8, 4) is 0 Å². The fraction of sp³-hybridized carbons (Fsp3) is 0.750. The Morgan fingerprint density at radius 1 is 1.57 bits per heavy atom. The monoisotopic (exact) mass is 102 g/mol. The summed E-state index contributed by atoms with van der Waals surface area (Å²) < 4.78 is 0. The van der Waals surface area contributed by atoms with Crippen LogP contribution in [0.1, 0.15) is 13.8 Å². The maximum atomic E-state index is 10.2. The largest absolute Gasteiger partial charge is 0.307 e. The second kappa shape index (κ2) is 1.60. The lowest BCUT2D eigenvalue weighted by Gasteiger charge is -2.11. The highest BCUT2D eigenvalue weighted by molar-refractivity contribution is 5.84. The third kappa shape index (κ3) is 2.31. The first kappa shape index (κ1) is 6.59. The van der Waals surface area contributed by atoms with Gasteiger partial charge in [-0.2, -0.15) is 0 Å². The number of carbonyl (C=O) groups excluding carboxylic acids is 1. The smallest absolute Gasteiger partial charge is 0.163 e. The molecule has 0 spiro atoms. The van der Waals surface area contributed by atoms with Crippen LogP contribution in [0.3, 0.4) is 0 Å². The van der Waals surface area contributed by atoms with Crippen molar-refractivity contribution < 1.29 is 4.79 Å². The van der Waals surface area contributed by atoms with Gasteiger partial charge in [0.1, 0.15) is 5.66 Å². The zero-order valence-electron chi connectivity index (χ0n) is 4.56. The number of hydrogen-bond donors (Lipinski definition) is 2. The molecule has 42 valence electrons. The summed E-state index contributed by atoms with van der Waals surface area (Å²) in [4.78, 5) is 10.2. The van der Waals surface area contributed by atoms with Crippen LogP contribution in [0.4, 0.5) is 0 Å². The molecular formula is C4H10N2O. The normalized spacial score (nSPS) is 11.4. The highest BCUT2D eigenvalue weighted by Gasteiger charge is 2.15. The van der Waals surface area contributed by atoms with Crippen LogP contribution >= 0.6 is 0 Å². The fourth-order valence-electron chi connectivity index (χ4n) is 0. The predicted octanol–water partition coefficient (Wildman–Crippen LogP) is -0.791. The second-order valence-electron chi connectivity index (χ2n) is 1.84. The van der Waals surface area contributed by atoms with Crippen LogP contribution in [0.2, 0.25) is 0 Å². The zero-order chi connectivity index (χ0) is 6.08. The van der Waals surface area contributed by atoms with E-state index in [2.05, 4.69) is 0 Å². The Bertz CT molecular complexity index is 82.2. The van der Waals surface area contributed by atoms with Crippen LogP contribution in [0.25, 0.3) is 0 Å². The lowest BCUT2D eigenvalue weighted by molar-refractivity contribution is -0.121. The van der Waals surface area contributed by atoms with Crippen molar-refractivity contribution in [1.29, 1.82) is 0 Å². The summed E-state index contributed by atoms with van der Waals surface area (Å²) in [5, 5.41) is 0. The first-order valence-corrected chi connectivity index (χ1v) is 2.03. The van der Waals surface area contributed by atoms with E-state index >= 15 is 0 Å². The van der Waals surface area contributed by atoms with E-state index in [1.54, 1.807) is 0 Å². The number of rotatable bonds is 1. The summed E-state index contributed by atoms with van der Waals surface area (Å²) in [6.45, 7) is 2.83. The molecule has 3 heteroatoms. The average Bonchev–Trinajstić information content (AvgIpc) is 1.31. The highest BCUT2D eigenvalue weighted by atomic mass is 16.1. The Labute approximate surface area is 42.7 Å². The van der Waals surface area contributed by atoms with Gasteiger partial charge in [0, 0.05) is 0 Å². The third-order valence-corrected chi connectivity index (χ3v) is 0.759. The van der Waals surface area contributed by atoms with Gasteiger partial charge in [-0.3, -0.25) is 4.79 Å². The SMILES string of the molecule is CC(=O)C(C)(N)N. The quantitative estimate of drug-likeness (QED) is 0.426. The first-order chi connectivity index (χ1) is 2.94. The van der Waals surface area contributed by atoms with Crippen molar-refractivity contribution in [3.63, 3.8) is 0 Å². The van der Waals surface area contributed by atoms with Gasteiger partial charge in [0.2, 0.25) is 0 Å². The van der Waals surface area contributed by atoms with Crippen LogP contribution in [0, 0.1) is 0 Å². The highest BCUT2D eigenvalue weighted by Crippen LogP contribution is 1.85. The van der Waals surface area contributed by atoms with Crippen LogP contribution < -0.4 is 11.5 Å². The molecule has 7 heavy (non-hydrogen) atoms. The predicted molar refractivity (Wildman–Crippen MR) is 27.5 cm³/mol. The van der Waals surface area contributed by atoms with Crippen LogP contribution in [-0.4, -0.2) is 11.4 Å². The van der Waals surface area contributed by atoms with Crippen molar-refractivity contribution in [2.75, 3.05) is 0 Å². The molecule has 0 aromatic carbocycles. The molecule has 0 amide bonds. The number of ketones is 1. The minimum absolute atomic E-state index is 0.201. The number of hydrogen-bond acceptors (Lipinski definition) is 3. The summed E-state index contributed by atoms with van der Waals surface area (Å²) in [7, 11) is 0. The van der Waals surface area contributed by atoms with Gasteiger partial charge in [0.05, 0.1) is 0 Å². The second-order valence-corrected chi connectivity index (χ2v) is 1.84. The van der Waals surface area contributed by atoms with Gasteiger partial charge >= 0.3 is 0 Å². The van der Waals surface area contributed by atoms with Crippen molar-refractivity contribution in [2.45, 2.75) is 19.5 Å². The number of nitrogens with two attached hydrogens (primary N) is 2. The minimum atomic E-state index is -1.14. The topological polar surface area (TPSA) is 69.1 Å². The van der Waals surface area contributed by atoms with Crippen molar-refractivity contribution >= 4 is 5.78 Å². The zero-order valence-corrected chi connectivity index (χ0v) is 4.56. The molecule has 0 unspecified atom stereocenters. The molecule has 3 nitrogen and oxygen atoms in total. The lowest BCUT2D eigenvalue weighted by atomic mass is 10.1. The van der Waals surface area contributed by atoms with E-state index in [4.69, 9.17) is 11.5 Å². The molecule has 0 fully saturated rings. The third-order valence-electron chi connectivity index (χ3n) is 0.759. The van der Waals surface area contributed by atoms with Crippen molar-refractivity contribution in [3.05, 3.63) is 0 Å². The van der Waals surface area contributed by atoms with E-state index in [0.717, 1.165) is 0 Å². The van der Waals surface area contributed by atoms with Gasteiger partial charge in [-0.15, -0.1) is 0 Å². The molecule has 0 atom stereocenters. The van der Waals surface area contributed by atoms with E-state index in [0.29, 0.717) is 0 Å². The Morgan fingerprint density at radius 3 is 1.71 bits per heavy atom. The summed E-state index contributed by atoms with van der Waals surface area (Å²) in [6.07, 6.45) is 0. The molecule has 0 saturated carbocycles. The van der Waals surface area contributed by atoms with Crippen LogP contribution in [0.5, 0.6) is 0 Å². The van der Waals surface area contributed by atoms with Gasteiger partial charge in [-0.05, 0) is 13.8 Å². The van der Waals surface area contributed by atoms with Gasteiger partial charge in [0.25, 0.3) is 0 Å². The molecular weight excluding hydrogens is 92.1 g/mol. The van der Waals surface area contributed by atoms with Crippen molar-refractivity contribution in [1.82, 2.24) is 0 Å². The maximum Gasteiger partial charge on any atom is 0.163 e. The van der Waals surface area contributed by atoms with E-state index in [1.165, 1.54) is 13.8 Å². The molecule has 0 saturated heterocycles. The van der Waals surface area contributed by atoms with Gasteiger partial charge in [0.15, 0.2) is 5.78 Å². The minimum Gasteiger partial charge on any atom is -0.307 e. The van der Waals surface area contributed by atoms with Gasteiger partial charge in [-0.1, -0.05) is 0 Å². The standard InChI is InChI=1S/C4H10N2O/c1-3(7)4(2,5)6/h5-6H2,1-2H3. The van der Waals surface area contributed by atoms with E-state index in [-0.39, 0.29) is 5.78 Å². The first-order valence-electron chi connectivity index (χ1n) is 2.03.